The second-order valence-electron chi connectivity index (χ2n) is 6.71. The average molecular weight is 338 g/mol. The van der Waals surface area contributed by atoms with E-state index >= 15 is 0 Å². The van der Waals surface area contributed by atoms with Gasteiger partial charge in [-0.25, -0.2) is 5.48 Å². The zero-order valence-corrected chi connectivity index (χ0v) is 14.5. The molecular formula is C20H22N2O3. The molecule has 0 saturated carbocycles. The van der Waals surface area contributed by atoms with Gasteiger partial charge in [-0.2, -0.15) is 0 Å². The maximum atomic E-state index is 12.0. The van der Waals surface area contributed by atoms with E-state index < -0.39 is 5.91 Å². The van der Waals surface area contributed by atoms with Crippen LogP contribution in [0.15, 0.2) is 54.6 Å². The number of benzene rings is 2. The molecule has 5 nitrogen and oxygen atoms in total. The van der Waals surface area contributed by atoms with Gasteiger partial charge < -0.3 is 5.32 Å². The molecule has 2 rings (SSSR count). The van der Waals surface area contributed by atoms with Crippen molar-refractivity contribution < 1.29 is 14.8 Å². The van der Waals surface area contributed by atoms with Crippen molar-refractivity contribution in [3.8, 4) is 0 Å². The van der Waals surface area contributed by atoms with Gasteiger partial charge in [0.05, 0.1) is 0 Å². The topological polar surface area (TPSA) is 78.4 Å². The number of anilines is 1. The third kappa shape index (κ3) is 5.29. The molecule has 0 atom stereocenters. The van der Waals surface area contributed by atoms with Gasteiger partial charge in [0.2, 0.25) is 5.91 Å². The summed E-state index contributed by atoms with van der Waals surface area (Å²) < 4.78 is 0. The van der Waals surface area contributed by atoms with Gasteiger partial charge >= 0.3 is 0 Å². The molecule has 3 N–H and O–H groups in total. The highest BCUT2D eigenvalue weighted by Gasteiger charge is 2.12. The number of carbonyl (C=O) groups is 2. The van der Waals surface area contributed by atoms with E-state index in [0.29, 0.717) is 5.56 Å². The number of hydrogen-bond acceptors (Lipinski definition) is 3. The van der Waals surface area contributed by atoms with Gasteiger partial charge in [-0.3, -0.25) is 14.8 Å². The summed E-state index contributed by atoms with van der Waals surface area (Å²) in [5.41, 5.74) is 4.68. The number of hydrogen-bond donors (Lipinski definition) is 3. The smallest absolute Gasteiger partial charge is 0.274 e. The van der Waals surface area contributed by atoms with Gasteiger partial charge in [0.15, 0.2) is 0 Å². The van der Waals surface area contributed by atoms with Crippen molar-refractivity contribution in [1.82, 2.24) is 5.48 Å². The summed E-state index contributed by atoms with van der Waals surface area (Å²) in [7, 11) is 0. The molecule has 2 aromatic carbocycles. The molecule has 0 aliphatic rings. The van der Waals surface area contributed by atoms with Crippen LogP contribution in [-0.4, -0.2) is 17.0 Å². The van der Waals surface area contributed by atoms with Crippen LogP contribution in [0.1, 0.15) is 42.3 Å². The molecular weight excluding hydrogens is 316 g/mol. The molecule has 0 spiro atoms. The average Bonchev–Trinajstić information content (AvgIpc) is 2.59. The molecule has 0 saturated heterocycles. The molecule has 5 heteroatoms. The van der Waals surface area contributed by atoms with E-state index in [2.05, 4.69) is 26.1 Å². The van der Waals surface area contributed by atoms with E-state index in [4.69, 9.17) is 5.21 Å². The van der Waals surface area contributed by atoms with Crippen LogP contribution in [0, 0.1) is 0 Å². The predicted octanol–water partition coefficient (Wildman–Crippen LogP) is 3.76. The minimum atomic E-state index is -0.577. The van der Waals surface area contributed by atoms with Gasteiger partial charge in [0.1, 0.15) is 0 Å². The highest BCUT2D eigenvalue weighted by molar-refractivity contribution is 6.02. The molecule has 0 aliphatic heterocycles. The van der Waals surface area contributed by atoms with Crippen LogP contribution in [0.5, 0.6) is 0 Å². The molecule has 0 aromatic heterocycles. The normalized spacial score (nSPS) is 11.4. The number of nitrogens with one attached hydrogen (secondary N) is 2. The first-order valence-corrected chi connectivity index (χ1v) is 7.94. The van der Waals surface area contributed by atoms with E-state index in [-0.39, 0.29) is 11.3 Å². The van der Waals surface area contributed by atoms with E-state index in [0.717, 1.165) is 11.3 Å². The summed E-state index contributed by atoms with van der Waals surface area (Å²) in [6.07, 6.45) is 3.08. The van der Waals surface area contributed by atoms with E-state index in [1.807, 2.05) is 24.3 Å². The van der Waals surface area contributed by atoms with Gasteiger partial charge in [-0.1, -0.05) is 45.0 Å². The number of hydroxylamine groups is 1. The first-order chi connectivity index (χ1) is 11.8. The van der Waals surface area contributed by atoms with E-state index in [1.165, 1.54) is 11.6 Å². The highest BCUT2D eigenvalue weighted by atomic mass is 16.5. The Hall–Kier alpha value is -2.92. The maximum Gasteiger partial charge on any atom is 0.274 e. The highest BCUT2D eigenvalue weighted by Crippen LogP contribution is 2.23. The summed E-state index contributed by atoms with van der Waals surface area (Å²) >= 11 is 0. The molecule has 0 bridgehead atoms. The standard InChI is InChI=1S/C20H22N2O3/c1-20(2,3)16-9-11-17(12-10-16)21-18(23)13-6-14-4-7-15(8-5-14)19(24)22-25/h4-13,25H,1-3H3,(H,21,23)(H,22,24). The van der Waals surface area contributed by atoms with Crippen molar-refractivity contribution in [3.63, 3.8) is 0 Å². The fourth-order valence-corrected chi connectivity index (χ4v) is 2.22. The lowest BCUT2D eigenvalue weighted by atomic mass is 9.87. The van der Waals surface area contributed by atoms with Crippen molar-refractivity contribution in [2.24, 2.45) is 0 Å². The summed E-state index contributed by atoms with van der Waals surface area (Å²) in [6, 6.07) is 14.3. The molecule has 2 aromatic rings. The lowest BCUT2D eigenvalue weighted by Gasteiger charge is -2.19. The number of carbonyl (C=O) groups excluding carboxylic acids is 2. The second-order valence-corrected chi connectivity index (χ2v) is 6.71. The van der Waals surface area contributed by atoms with Crippen LogP contribution in [0.2, 0.25) is 0 Å². The molecule has 0 heterocycles. The van der Waals surface area contributed by atoms with Crippen LogP contribution >= 0.6 is 0 Å². The van der Waals surface area contributed by atoms with Crippen molar-refractivity contribution in [3.05, 3.63) is 71.3 Å². The number of rotatable bonds is 4. The Labute approximate surface area is 147 Å². The monoisotopic (exact) mass is 338 g/mol. The molecule has 0 fully saturated rings. The van der Waals surface area contributed by atoms with Gasteiger partial charge in [-0.05, 0) is 46.9 Å². The lowest BCUT2D eigenvalue weighted by Crippen LogP contribution is -2.18. The predicted molar refractivity (Wildman–Crippen MR) is 98.5 cm³/mol. The molecule has 0 unspecified atom stereocenters. The Bertz CT molecular complexity index is 770. The summed E-state index contributed by atoms with van der Waals surface area (Å²) in [5, 5.41) is 11.4. The second kappa shape index (κ2) is 7.77. The van der Waals surface area contributed by atoms with Crippen LogP contribution in [0.25, 0.3) is 6.08 Å². The molecule has 0 radical (unpaired) electrons. The van der Waals surface area contributed by atoms with Crippen molar-refractivity contribution >= 4 is 23.6 Å². The van der Waals surface area contributed by atoms with Crippen molar-refractivity contribution in [1.29, 1.82) is 0 Å². The minimum Gasteiger partial charge on any atom is -0.323 e. The fourth-order valence-electron chi connectivity index (χ4n) is 2.22. The van der Waals surface area contributed by atoms with Gasteiger partial charge in [-0.15, -0.1) is 0 Å². The lowest BCUT2D eigenvalue weighted by molar-refractivity contribution is -0.111. The zero-order chi connectivity index (χ0) is 18.4. The molecule has 25 heavy (non-hydrogen) atoms. The van der Waals surface area contributed by atoms with Crippen molar-refractivity contribution in [2.45, 2.75) is 26.2 Å². The Kier molecular flexibility index (Phi) is 5.72. The largest absolute Gasteiger partial charge is 0.323 e. The summed E-state index contributed by atoms with van der Waals surface area (Å²) in [6.45, 7) is 6.41. The molecule has 2 amide bonds. The Morgan fingerprint density at radius 2 is 1.56 bits per heavy atom. The molecule has 130 valence electrons. The summed E-state index contributed by atoms with van der Waals surface area (Å²) in [5.74, 6) is -0.812. The SMILES string of the molecule is CC(C)(C)c1ccc(NC(=O)C=Cc2ccc(C(=O)NO)cc2)cc1. The Morgan fingerprint density at radius 3 is 2.08 bits per heavy atom. The van der Waals surface area contributed by atoms with Crippen LogP contribution in [0.4, 0.5) is 5.69 Å². The van der Waals surface area contributed by atoms with Gasteiger partial charge in [0, 0.05) is 17.3 Å². The first-order valence-electron chi connectivity index (χ1n) is 7.94. The first kappa shape index (κ1) is 18.4. The van der Waals surface area contributed by atoms with Crippen molar-refractivity contribution in [2.75, 3.05) is 5.32 Å². The van der Waals surface area contributed by atoms with Crippen LogP contribution in [0.3, 0.4) is 0 Å². The minimum absolute atomic E-state index is 0.0710. The van der Waals surface area contributed by atoms with Crippen LogP contribution in [-0.2, 0) is 10.2 Å². The third-order valence-corrected chi connectivity index (χ3v) is 3.72. The Morgan fingerprint density at radius 1 is 0.960 bits per heavy atom. The van der Waals surface area contributed by atoms with E-state index in [1.54, 1.807) is 35.8 Å². The molecule has 0 aliphatic carbocycles. The maximum absolute atomic E-state index is 12.0. The zero-order valence-electron chi connectivity index (χ0n) is 14.5. The summed E-state index contributed by atoms with van der Waals surface area (Å²) in [4.78, 5) is 23.2. The quantitative estimate of drug-likeness (QED) is 0.451. The van der Waals surface area contributed by atoms with Gasteiger partial charge in [0.25, 0.3) is 5.91 Å². The Balaban J connectivity index is 1.97. The number of amides is 2. The van der Waals surface area contributed by atoms with E-state index in [9.17, 15) is 9.59 Å². The third-order valence-electron chi connectivity index (χ3n) is 3.72. The fraction of sp³-hybridized carbons (Fsp3) is 0.200. The van der Waals surface area contributed by atoms with Crippen LogP contribution < -0.4 is 10.8 Å².